The number of aliphatic carboxylic acids is 1. The average molecular weight is 299 g/mol. The lowest BCUT2D eigenvalue weighted by molar-refractivity contribution is -0.141. The van der Waals surface area contributed by atoms with E-state index >= 15 is 0 Å². The molecule has 1 aromatic carbocycles. The summed E-state index contributed by atoms with van der Waals surface area (Å²) in [5.74, 6) is -2.15. The molecule has 0 fully saturated rings. The van der Waals surface area contributed by atoms with Gasteiger partial charge in [0.25, 0.3) is 5.91 Å². The molecule has 0 bridgehead atoms. The van der Waals surface area contributed by atoms with Gasteiger partial charge in [-0.15, -0.1) is 0 Å². The summed E-state index contributed by atoms with van der Waals surface area (Å²) >= 11 is 5.71. The highest BCUT2D eigenvalue weighted by atomic mass is 35.5. The predicted octanol–water partition coefficient (Wildman–Crippen LogP) is 1.05. The van der Waals surface area contributed by atoms with Gasteiger partial charge < -0.3 is 15.7 Å². The van der Waals surface area contributed by atoms with Crippen molar-refractivity contribution in [2.45, 2.75) is 25.9 Å². The minimum atomic E-state index is -1.14. The van der Waals surface area contributed by atoms with Crippen LogP contribution in [0.15, 0.2) is 24.3 Å². The molecular weight excluding hydrogens is 284 g/mol. The van der Waals surface area contributed by atoms with E-state index in [1.807, 2.05) is 0 Å². The van der Waals surface area contributed by atoms with Gasteiger partial charge in [0.2, 0.25) is 5.91 Å². The maximum Gasteiger partial charge on any atom is 0.325 e. The molecule has 1 aromatic rings. The monoisotopic (exact) mass is 298 g/mol. The van der Waals surface area contributed by atoms with Gasteiger partial charge in [-0.1, -0.05) is 11.6 Å². The molecule has 0 aliphatic heterocycles. The van der Waals surface area contributed by atoms with Gasteiger partial charge in [0.15, 0.2) is 0 Å². The number of benzene rings is 1. The van der Waals surface area contributed by atoms with Crippen LogP contribution in [-0.4, -0.2) is 35.0 Å². The standard InChI is InChI=1S/C13H15ClN2O4/c1-7(11(17)16-8(2)13(19)20)15-12(18)9-3-5-10(14)6-4-9/h3-8H,1-2H3,(H,15,18)(H,16,17)(H,19,20)/t7?,8-/m0/s1. The number of rotatable bonds is 5. The van der Waals surface area contributed by atoms with Crippen molar-refractivity contribution >= 4 is 29.4 Å². The Morgan fingerprint density at radius 1 is 1.05 bits per heavy atom. The Hall–Kier alpha value is -2.08. The first-order valence-corrected chi connectivity index (χ1v) is 6.28. The number of amides is 2. The van der Waals surface area contributed by atoms with Gasteiger partial charge in [0, 0.05) is 10.6 Å². The van der Waals surface area contributed by atoms with Crippen LogP contribution in [0.5, 0.6) is 0 Å². The van der Waals surface area contributed by atoms with Crippen LogP contribution in [0.25, 0.3) is 0 Å². The molecule has 0 aliphatic carbocycles. The zero-order valence-corrected chi connectivity index (χ0v) is 11.8. The molecule has 0 heterocycles. The molecule has 6 nitrogen and oxygen atoms in total. The summed E-state index contributed by atoms with van der Waals surface area (Å²) in [6.07, 6.45) is 0. The largest absolute Gasteiger partial charge is 0.480 e. The summed E-state index contributed by atoms with van der Waals surface area (Å²) in [6.45, 7) is 2.81. The van der Waals surface area contributed by atoms with Gasteiger partial charge in [-0.25, -0.2) is 0 Å². The lowest BCUT2D eigenvalue weighted by Gasteiger charge is -2.16. The van der Waals surface area contributed by atoms with Crippen LogP contribution in [0.4, 0.5) is 0 Å². The van der Waals surface area contributed by atoms with Crippen molar-refractivity contribution in [2.75, 3.05) is 0 Å². The van der Waals surface area contributed by atoms with Crippen molar-refractivity contribution in [3.63, 3.8) is 0 Å². The molecular formula is C13H15ClN2O4. The number of halogens is 1. The van der Waals surface area contributed by atoms with Crippen LogP contribution >= 0.6 is 11.6 Å². The number of hydrogen-bond acceptors (Lipinski definition) is 3. The fourth-order valence-electron chi connectivity index (χ4n) is 1.35. The van der Waals surface area contributed by atoms with E-state index in [1.165, 1.54) is 26.0 Å². The Balaban J connectivity index is 2.59. The van der Waals surface area contributed by atoms with Crippen LogP contribution in [0.2, 0.25) is 5.02 Å². The molecule has 0 aliphatic rings. The first-order chi connectivity index (χ1) is 9.31. The average Bonchev–Trinajstić information content (AvgIpc) is 2.38. The normalized spacial score (nSPS) is 13.2. The topological polar surface area (TPSA) is 95.5 Å². The molecule has 0 radical (unpaired) electrons. The van der Waals surface area contributed by atoms with E-state index in [1.54, 1.807) is 12.1 Å². The summed E-state index contributed by atoms with van der Waals surface area (Å²) in [7, 11) is 0. The quantitative estimate of drug-likeness (QED) is 0.757. The van der Waals surface area contributed by atoms with E-state index in [9.17, 15) is 14.4 Å². The van der Waals surface area contributed by atoms with Gasteiger partial charge >= 0.3 is 5.97 Å². The van der Waals surface area contributed by atoms with Crippen molar-refractivity contribution in [2.24, 2.45) is 0 Å². The van der Waals surface area contributed by atoms with Crippen molar-refractivity contribution in [3.05, 3.63) is 34.9 Å². The molecule has 0 saturated carbocycles. The number of carbonyl (C=O) groups excluding carboxylic acids is 2. The van der Waals surface area contributed by atoms with Gasteiger partial charge in [0.05, 0.1) is 0 Å². The summed E-state index contributed by atoms with van der Waals surface area (Å²) < 4.78 is 0. The second-order valence-electron chi connectivity index (χ2n) is 4.27. The van der Waals surface area contributed by atoms with Crippen LogP contribution in [0, 0.1) is 0 Å². The van der Waals surface area contributed by atoms with Gasteiger partial charge in [0.1, 0.15) is 12.1 Å². The molecule has 3 N–H and O–H groups in total. The Morgan fingerprint density at radius 2 is 1.60 bits per heavy atom. The minimum Gasteiger partial charge on any atom is -0.480 e. The van der Waals surface area contributed by atoms with Crippen LogP contribution in [-0.2, 0) is 9.59 Å². The summed E-state index contributed by atoms with van der Waals surface area (Å²) in [5, 5.41) is 13.9. The molecule has 1 rings (SSSR count). The molecule has 2 atom stereocenters. The van der Waals surface area contributed by atoms with Crippen molar-refractivity contribution in [1.82, 2.24) is 10.6 Å². The molecule has 0 spiro atoms. The number of carboxylic acids is 1. The third-order valence-electron chi connectivity index (χ3n) is 2.58. The lowest BCUT2D eigenvalue weighted by atomic mass is 10.2. The molecule has 20 heavy (non-hydrogen) atoms. The smallest absolute Gasteiger partial charge is 0.325 e. The van der Waals surface area contributed by atoms with Crippen molar-refractivity contribution < 1.29 is 19.5 Å². The van der Waals surface area contributed by atoms with Crippen molar-refractivity contribution in [3.8, 4) is 0 Å². The molecule has 0 aromatic heterocycles. The maximum absolute atomic E-state index is 11.8. The van der Waals surface area contributed by atoms with E-state index in [4.69, 9.17) is 16.7 Å². The van der Waals surface area contributed by atoms with Crippen molar-refractivity contribution in [1.29, 1.82) is 0 Å². The van der Waals surface area contributed by atoms with Crippen LogP contribution in [0.1, 0.15) is 24.2 Å². The SMILES string of the molecule is CC(NC(=O)c1ccc(Cl)cc1)C(=O)N[C@@H](C)C(=O)O. The van der Waals surface area contributed by atoms with E-state index in [2.05, 4.69) is 10.6 Å². The Labute approximate surface area is 121 Å². The fraction of sp³-hybridized carbons (Fsp3) is 0.308. The Bertz CT molecular complexity index is 516. The number of nitrogens with one attached hydrogen (secondary N) is 2. The summed E-state index contributed by atoms with van der Waals surface area (Å²) in [4.78, 5) is 34.1. The van der Waals surface area contributed by atoms with E-state index in [-0.39, 0.29) is 0 Å². The van der Waals surface area contributed by atoms with E-state index in [0.29, 0.717) is 10.6 Å². The molecule has 2 amide bonds. The fourth-order valence-corrected chi connectivity index (χ4v) is 1.47. The third-order valence-corrected chi connectivity index (χ3v) is 2.83. The van der Waals surface area contributed by atoms with Gasteiger partial charge in [-0.05, 0) is 38.1 Å². The second kappa shape index (κ2) is 6.91. The van der Waals surface area contributed by atoms with E-state index < -0.39 is 29.9 Å². The first kappa shape index (κ1) is 16.0. The second-order valence-corrected chi connectivity index (χ2v) is 4.71. The minimum absolute atomic E-state index is 0.361. The number of carboxylic acid groups (broad SMARTS) is 1. The van der Waals surface area contributed by atoms with E-state index in [0.717, 1.165) is 0 Å². The number of carbonyl (C=O) groups is 3. The Kier molecular flexibility index (Phi) is 5.52. The third kappa shape index (κ3) is 4.55. The van der Waals surface area contributed by atoms with Gasteiger partial charge in [-0.2, -0.15) is 0 Å². The first-order valence-electron chi connectivity index (χ1n) is 5.91. The number of hydrogen-bond donors (Lipinski definition) is 3. The molecule has 108 valence electrons. The summed E-state index contributed by atoms with van der Waals surface area (Å²) in [6, 6.07) is 4.32. The highest BCUT2D eigenvalue weighted by molar-refractivity contribution is 6.30. The highest BCUT2D eigenvalue weighted by Gasteiger charge is 2.20. The maximum atomic E-state index is 11.8. The summed E-state index contributed by atoms with van der Waals surface area (Å²) in [5.41, 5.74) is 0.361. The Morgan fingerprint density at radius 3 is 2.10 bits per heavy atom. The lowest BCUT2D eigenvalue weighted by Crippen LogP contribution is -2.49. The zero-order valence-electron chi connectivity index (χ0n) is 11.0. The zero-order chi connectivity index (χ0) is 15.3. The predicted molar refractivity (Wildman–Crippen MR) is 73.6 cm³/mol. The highest BCUT2D eigenvalue weighted by Crippen LogP contribution is 2.09. The van der Waals surface area contributed by atoms with Crippen LogP contribution in [0.3, 0.4) is 0 Å². The van der Waals surface area contributed by atoms with Crippen LogP contribution < -0.4 is 10.6 Å². The molecule has 1 unspecified atom stereocenters. The molecule has 7 heteroatoms. The molecule has 0 saturated heterocycles. The van der Waals surface area contributed by atoms with Gasteiger partial charge in [-0.3, -0.25) is 14.4 Å².